The number of piperidine rings is 1. The molecule has 0 aromatic heterocycles. The lowest BCUT2D eigenvalue weighted by molar-refractivity contribution is -0.138. The molecule has 0 radical (unpaired) electrons. The molecule has 2 aromatic rings. The highest BCUT2D eigenvalue weighted by atomic mass is 16.7. The summed E-state index contributed by atoms with van der Waals surface area (Å²) in [6, 6.07) is 11.6. The van der Waals surface area contributed by atoms with E-state index in [2.05, 4.69) is 17.9 Å². The molecule has 5 rings (SSSR count). The van der Waals surface area contributed by atoms with Gasteiger partial charge in [-0.3, -0.25) is 14.5 Å². The Balaban J connectivity index is 1.54. The third-order valence-electron chi connectivity index (χ3n) is 6.55. The first-order valence-electron chi connectivity index (χ1n) is 11.2. The van der Waals surface area contributed by atoms with Gasteiger partial charge in [0, 0.05) is 13.1 Å². The number of hydrogen-bond donors (Lipinski definition) is 0. The van der Waals surface area contributed by atoms with Gasteiger partial charge < -0.3 is 14.4 Å². The van der Waals surface area contributed by atoms with Crippen molar-refractivity contribution in [3.05, 3.63) is 64.3 Å². The lowest BCUT2D eigenvalue weighted by Gasteiger charge is -2.33. The molecule has 1 fully saturated rings. The number of rotatable bonds is 4. The van der Waals surface area contributed by atoms with Gasteiger partial charge in [0.05, 0.1) is 12.1 Å². The monoisotopic (exact) mass is 432 g/mol. The highest BCUT2D eigenvalue weighted by Crippen LogP contribution is 2.37. The quantitative estimate of drug-likeness (QED) is 0.683. The Kier molecular flexibility index (Phi) is 5.16. The van der Waals surface area contributed by atoms with Crippen LogP contribution in [0.25, 0.3) is 5.57 Å². The summed E-state index contributed by atoms with van der Waals surface area (Å²) in [5.74, 6) is 1.38. The van der Waals surface area contributed by atoms with E-state index in [0.717, 1.165) is 48.2 Å². The summed E-state index contributed by atoms with van der Waals surface area (Å²) in [6.45, 7) is 8.22. The molecule has 3 heterocycles. The SMILES string of the molecule is Cc1ccc(C2=C(N3CCCC(C)C3)C(=O)N(Cc3ccc4c(c3)OCO4)C2=O)c(C)c1. The van der Waals surface area contributed by atoms with E-state index in [0.29, 0.717) is 28.7 Å². The maximum atomic E-state index is 13.7. The molecule has 3 aliphatic rings. The molecule has 6 nitrogen and oxygen atoms in total. The lowest BCUT2D eigenvalue weighted by atomic mass is 9.95. The Morgan fingerprint density at radius 1 is 1.00 bits per heavy atom. The topological polar surface area (TPSA) is 59.1 Å². The van der Waals surface area contributed by atoms with Crippen molar-refractivity contribution in [3.63, 3.8) is 0 Å². The van der Waals surface area contributed by atoms with Crippen LogP contribution in [0.5, 0.6) is 11.5 Å². The highest BCUT2D eigenvalue weighted by Gasteiger charge is 2.42. The van der Waals surface area contributed by atoms with E-state index in [1.807, 2.05) is 44.2 Å². The van der Waals surface area contributed by atoms with Crippen LogP contribution in [0.4, 0.5) is 0 Å². The summed E-state index contributed by atoms with van der Waals surface area (Å²) in [6.07, 6.45) is 2.17. The van der Waals surface area contributed by atoms with Crippen molar-refractivity contribution in [1.29, 1.82) is 0 Å². The first kappa shape index (κ1) is 20.6. The molecule has 1 atom stereocenters. The van der Waals surface area contributed by atoms with E-state index >= 15 is 0 Å². The number of amides is 2. The van der Waals surface area contributed by atoms with Crippen LogP contribution in [0.1, 0.15) is 42.0 Å². The fourth-order valence-corrected chi connectivity index (χ4v) is 4.95. The number of imide groups is 1. The molecular weight excluding hydrogens is 404 g/mol. The standard InChI is InChI=1S/C26H28N2O4/c1-16-6-8-20(18(3)11-16)23-24(27-10-4-5-17(2)13-27)26(30)28(25(23)29)14-19-7-9-21-22(12-19)32-15-31-21/h6-9,11-12,17H,4-5,10,13-15H2,1-3H3. The molecule has 32 heavy (non-hydrogen) atoms. The number of carbonyl (C=O) groups excluding carboxylic acids is 2. The van der Waals surface area contributed by atoms with Crippen LogP contribution in [0.3, 0.4) is 0 Å². The molecule has 1 saturated heterocycles. The van der Waals surface area contributed by atoms with Crippen LogP contribution in [0, 0.1) is 19.8 Å². The van der Waals surface area contributed by atoms with Crippen LogP contribution in [-0.2, 0) is 16.1 Å². The molecule has 0 aliphatic carbocycles. The minimum absolute atomic E-state index is 0.191. The van der Waals surface area contributed by atoms with E-state index in [1.54, 1.807) is 0 Å². The summed E-state index contributed by atoms with van der Waals surface area (Å²) < 4.78 is 10.9. The summed E-state index contributed by atoms with van der Waals surface area (Å²) in [5, 5.41) is 0. The molecule has 2 amide bonds. The van der Waals surface area contributed by atoms with Crippen molar-refractivity contribution in [2.24, 2.45) is 5.92 Å². The average molecular weight is 433 g/mol. The molecule has 2 aromatic carbocycles. The third-order valence-corrected chi connectivity index (χ3v) is 6.55. The Labute approximate surface area is 188 Å². The van der Waals surface area contributed by atoms with Crippen molar-refractivity contribution >= 4 is 17.4 Å². The van der Waals surface area contributed by atoms with Crippen LogP contribution >= 0.6 is 0 Å². The van der Waals surface area contributed by atoms with Gasteiger partial charge in [0.15, 0.2) is 11.5 Å². The molecule has 0 N–H and O–H groups in total. The summed E-state index contributed by atoms with van der Waals surface area (Å²) in [4.78, 5) is 30.9. The second-order valence-electron chi connectivity index (χ2n) is 9.12. The van der Waals surface area contributed by atoms with E-state index in [1.165, 1.54) is 4.90 Å². The van der Waals surface area contributed by atoms with Gasteiger partial charge in [0.2, 0.25) is 6.79 Å². The summed E-state index contributed by atoms with van der Waals surface area (Å²) in [7, 11) is 0. The molecule has 0 bridgehead atoms. The van der Waals surface area contributed by atoms with Crippen molar-refractivity contribution in [3.8, 4) is 11.5 Å². The van der Waals surface area contributed by atoms with Crippen molar-refractivity contribution in [1.82, 2.24) is 9.80 Å². The minimum atomic E-state index is -0.229. The maximum Gasteiger partial charge on any atom is 0.278 e. The first-order valence-corrected chi connectivity index (χ1v) is 11.2. The van der Waals surface area contributed by atoms with Gasteiger partial charge in [-0.25, -0.2) is 0 Å². The molecule has 6 heteroatoms. The number of nitrogens with zero attached hydrogens (tertiary/aromatic N) is 2. The summed E-state index contributed by atoms with van der Waals surface area (Å²) in [5.41, 5.74) is 4.90. The van der Waals surface area contributed by atoms with E-state index < -0.39 is 0 Å². The third kappa shape index (κ3) is 3.53. The smallest absolute Gasteiger partial charge is 0.278 e. The number of fused-ring (bicyclic) bond motifs is 1. The number of hydrogen-bond acceptors (Lipinski definition) is 5. The van der Waals surface area contributed by atoms with E-state index in [-0.39, 0.29) is 25.2 Å². The Hall–Kier alpha value is -3.28. The van der Waals surface area contributed by atoms with Gasteiger partial charge in [-0.2, -0.15) is 0 Å². The molecule has 0 spiro atoms. The minimum Gasteiger partial charge on any atom is -0.454 e. The number of likely N-dealkylation sites (tertiary alicyclic amines) is 1. The highest BCUT2D eigenvalue weighted by molar-refractivity contribution is 6.35. The molecular formula is C26H28N2O4. The van der Waals surface area contributed by atoms with Gasteiger partial charge in [-0.05, 0) is 61.4 Å². The Bertz CT molecular complexity index is 1140. The van der Waals surface area contributed by atoms with Gasteiger partial charge in [0.25, 0.3) is 11.8 Å². The largest absolute Gasteiger partial charge is 0.454 e. The molecule has 1 unspecified atom stereocenters. The molecule has 3 aliphatic heterocycles. The van der Waals surface area contributed by atoms with E-state index in [9.17, 15) is 9.59 Å². The normalized spacial score (nSPS) is 20.5. The van der Waals surface area contributed by atoms with Crippen molar-refractivity contribution in [2.45, 2.75) is 40.2 Å². The summed E-state index contributed by atoms with van der Waals surface area (Å²) >= 11 is 0. The first-order chi connectivity index (χ1) is 15.4. The zero-order chi connectivity index (χ0) is 22.4. The van der Waals surface area contributed by atoms with Crippen LogP contribution in [0.2, 0.25) is 0 Å². The molecule has 166 valence electrons. The fraction of sp³-hybridized carbons (Fsp3) is 0.385. The van der Waals surface area contributed by atoms with Crippen molar-refractivity contribution in [2.75, 3.05) is 19.9 Å². The number of benzene rings is 2. The Morgan fingerprint density at radius 2 is 1.81 bits per heavy atom. The van der Waals surface area contributed by atoms with Gasteiger partial charge in [0.1, 0.15) is 5.70 Å². The Morgan fingerprint density at radius 3 is 2.59 bits per heavy atom. The average Bonchev–Trinajstić information content (AvgIpc) is 3.32. The predicted octanol–water partition coefficient (Wildman–Crippen LogP) is 4.04. The van der Waals surface area contributed by atoms with E-state index in [4.69, 9.17) is 9.47 Å². The second-order valence-corrected chi connectivity index (χ2v) is 9.12. The van der Waals surface area contributed by atoms with Gasteiger partial charge in [-0.1, -0.05) is 36.8 Å². The van der Waals surface area contributed by atoms with Gasteiger partial charge >= 0.3 is 0 Å². The zero-order valence-corrected chi connectivity index (χ0v) is 18.8. The predicted molar refractivity (Wildman–Crippen MR) is 121 cm³/mol. The lowest BCUT2D eigenvalue weighted by Crippen LogP contribution is -2.39. The van der Waals surface area contributed by atoms with Crippen LogP contribution in [0.15, 0.2) is 42.1 Å². The van der Waals surface area contributed by atoms with Crippen LogP contribution in [-0.4, -0.2) is 41.5 Å². The number of aryl methyl sites for hydroxylation is 2. The van der Waals surface area contributed by atoms with Crippen LogP contribution < -0.4 is 9.47 Å². The second kappa shape index (κ2) is 8.01. The fourth-order valence-electron chi connectivity index (χ4n) is 4.95. The van der Waals surface area contributed by atoms with Gasteiger partial charge in [-0.15, -0.1) is 0 Å². The maximum absolute atomic E-state index is 13.7. The molecule has 0 saturated carbocycles. The van der Waals surface area contributed by atoms with Crippen molar-refractivity contribution < 1.29 is 19.1 Å². The number of ether oxygens (including phenoxy) is 2. The zero-order valence-electron chi connectivity index (χ0n) is 18.8. The number of carbonyl (C=O) groups is 2.